The molecule has 3 aromatic rings. The van der Waals surface area contributed by atoms with Crippen LogP contribution in [-0.4, -0.2) is 16.9 Å². The van der Waals surface area contributed by atoms with E-state index in [1.165, 1.54) is 0 Å². The molecule has 2 aromatic carbocycles. The first-order valence-electron chi connectivity index (χ1n) is 6.90. The largest absolute Gasteiger partial charge is 0.497 e. The van der Waals surface area contributed by atoms with Gasteiger partial charge in [0.25, 0.3) is 0 Å². The second kappa shape index (κ2) is 6.22. The molecule has 0 saturated carbocycles. The van der Waals surface area contributed by atoms with Crippen LogP contribution in [0.15, 0.2) is 54.6 Å². The Morgan fingerprint density at radius 2 is 1.91 bits per heavy atom. The molecule has 0 radical (unpaired) electrons. The lowest BCUT2D eigenvalue weighted by atomic mass is 10.1. The summed E-state index contributed by atoms with van der Waals surface area (Å²) >= 11 is 5.96. The van der Waals surface area contributed by atoms with Crippen LogP contribution in [0, 0.1) is 0 Å². The highest BCUT2D eigenvalue weighted by Crippen LogP contribution is 2.27. The summed E-state index contributed by atoms with van der Waals surface area (Å²) in [5.41, 5.74) is 9.48. The lowest BCUT2D eigenvalue weighted by Gasteiger charge is -2.09. The number of benzene rings is 2. The molecule has 0 atom stereocenters. The van der Waals surface area contributed by atoms with Gasteiger partial charge in [0.15, 0.2) is 0 Å². The lowest BCUT2D eigenvalue weighted by Crippen LogP contribution is -2.01. The van der Waals surface area contributed by atoms with Gasteiger partial charge in [0.2, 0.25) is 0 Å². The monoisotopic (exact) mass is 313 g/mol. The Hall–Kier alpha value is -2.30. The van der Waals surface area contributed by atoms with E-state index in [9.17, 15) is 0 Å². The van der Waals surface area contributed by atoms with E-state index in [1.54, 1.807) is 7.11 Å². The molecule has 4 nitrogen and oxygen atoms in total. The van der Waals surface area contributed by atoms with Crippen molar-refractivity contribution < 1.29 is 4.74 Å². The summed E-state index contributed by atoms with van der Waals surface area (Å²) in [5, 5.41) is 5.26. The van der Waals surface area contributed by atoms with Crippen LogP contribution in [0.25, 0.3) is 16.9 Å². The quantitative estimate of drug-likeness (QED) is 0.799. The normalized spacial score (nSPS) is 10.7. The van der Waals surface area contributed by atoms with Crippen molar-refractivity contribution in [2.45, 2.75) is 6.54 Å². The van der Waals surface area contributed by atoms with E-state index < -0.39 is 0 Å². The van der Waals surface area contributed by atoms with Crippen LogP contribution in [0.3, 0.4) is 0 Å². The van der Waals surface area contributed by atoms with Gasteiger partial charge >= 0.3 is 0 Å². The van der Waals surface area contributed by atoms with Gasteiger partial charge in [-0.25, -0.2) is 4.68 Å². The minimum atomic E-state index is 0.386. The number of hydrogen-bond acceptors (Lipinski definition) is 3. The molecule has 2 N–H and O–H groups in total. The first kappa shape index (κ1) is 14.6. The Labute approximate surface area is 134 Å². The summed E-state index contributed by atoms with van der Waals surface area (Å²) in [6, 6.07) is 17.4. The molecule has 22 heavy (non-hydrogen) atoms. The average molecular weight is 314 g/mol. The summed E-state index contributed by atoms with van der Waals surface area (Å²) < 4.78 is 7.17. The molecule has 0 aliphatic heterocycles. The van der Waals surface area contributed by atoms with Crippen LogP contribution in [0.2, 0.25) is 5.02 Å². The molecule has 112 valence electrons. The lowest BCUT2D eigenvalue weighted by molar-refractivity contribution is 0.415. The van der Waals surface area contributed by atoms with Gasteiger partial charge in [0.05, 0.1) is 24.2 Å². The fourth-order valence-electron chi connectivity index (χ4n) is 2.30. The van der Waals surface area contributed by atoms with Gasteiger partial charge in [-0.2, -0.15) is 5.10 Å². The molecule has 0 bridgehead atoms. The Kier molecular flexibility index (Phi) is 4.13. The van der Waals surface area contributed by atoms with E-state index in [2.05, 4.69) is 5.10 Å². The van der Waals surface area contributed by atoms with Crippen LogP contribution in [-0.2, 0) is 6.54 Å². The number of methoxy groups -OCH3 is 1. The van der Waals surface area contributed by atoms with Crippen molar-refractivity contribution in [2.24, 2.45) is 5.73 Å². The van der Waals surface area contributed by atoms with Gasteiger partial charge in [-0.15, -0.1) is 0 Å². The third kappa shape index (κ3) is 2.84. The number of ether oxygens (including phenoxy) is 1. The average Bonchev–Trinajstić information content (AvgIpc) is 3.00. The maximum absolute atomic E-state index is 5.96. The van der Waals surface area contributed by atoms with E-state index in [4.69, 9.17) is 22.1 Å². The van der Waals surface area contributed by atoms with Gasteiger partial charge in [-0.05, 0) is 42.5 Å². The van der Waals surface area contributed by atoms with E-state index >= 15 is 0 Å². The van der Waals surface area contributed by atoms with E-state index in [0.29, 0.717) is 11.6 Å². The molecule has 3 rings (SSSR count). The molecule has 0 aliphatic rings. The number of hydrogen-bond donors (Lipinski definition) is 1. The van der Waals surface area contributed by atoms with Crippen LogP contribution in [0.5, 0.6) is 5.75 Å². The maximum Gasteiger partial charge on any atom is 0.119 e. The van der Waals surface area contributed by atoms with E-state index in [-0.39, 0.29) is 0 Å². The molecular formula is C17H16ClN3O. The van der Waals surface area contributed by atoms with Gasteiger partial charge in [-0.3, -0.25) is 0 Å². The fraction of sp³-hybridized carbons (Fsp3) is 0.118. The Morgan fingerprint density at radius 3 is 2.59 bits per heavy atom. The van der Waals surface area contributed by atoms with Gasteiger partial charge in [0, 0.05) is 17.1 Å². The van der Waals surface area contributed by atoms with Crippen LogP contribution < -0.4 is 10.5 Å². The van der Waals surface area contributed by atoms with Crippen LogP contribution in [0.4, 0.5) is 0 Å². The van der Waals surface area contributed by atoms with Gasteiger partial charge < -0.3 is 10.5 Å². The Morgan fingerprint density at radius 1 is 1.14 bits per heavy atom. The zero-order valence-corrected chi connectivity index (χ0v) is 12.9. The Balaban J connectivity index is 2.14. The molecule has 0 amide bonds. The first-order chi connectivity index (χ1) is 10.7. The number of rotatable bonds is 4. The van der Waals surface area contributed by atoms with Gasteiger partial charge in [-0.1, -0.05) is 23.7 Å². The molecule has 1 aromatic heterocycles. The number of aromatic nitrogens is 2. The van der Waals surface area contributed by atoms with Crippen molar-refractivity contribution in [1.29, 1.82) is 0 Å². The van der Waals surface area contributed by atoms with Crippen molar-refractivity contribution in [1.82, 2.24) is 9.78 Å². The minimum absolute atomic E-state index is 0.386. The second-order valence-corrected chi connectivity index (χ2v) is 5.28. The van der Waals surface area contributed by atoms with Crippen molar-refractivity contribution >= 4 is 11.6 Å². The van der Waals surface area contributed by atoms with E-state index in [1.807, 2.05) is 59.3 Å². The van der Waals surface area contributed by atoms with Crippen molar-refractivity contribution in [3.8, 4) is 22.7 Å². The molecule has 0 fully saturated rings. The SMILES string of the molecule is COc1cccc(-c2cc(CN)nn2-c2ccc(Cl)cc2)c1. The summed E-state index contributed by atoms with van der Waals surface area (Å²) in [6.07, 6.45) is 0. The van der Waals surface area contributed by atoms with E-state index in [0.717, 1.165) is 28.4 Å². The number of halogens is 1. The first-order valence-corrected chi connectivity index (χ1v) is 7.28. The number of nitrogens with two attached hydrogens (primary N) is 1. The highest BCUT2D eigenvalue weighted by Gasteiger charge is 2.11. The minimum Gasteiger partial charge on any atom is -0.497 e. The smallest absolute Gasteiger partial charge is 0.119 e. The molecule has 0 aliphatic carbocycles. The molecule has 0 saturated heterocycles. The molecule has 1 heterocycles. The van der Waals surface area contributed by atoms with Crippen molar-refractivity contribution in [3.05, 3.63) is 65.3 Å². The second-order valence-electron chi connectivity index (χ2n) is 4.85. The van der Waals surface area contributed by atoms with Crippen molar-refractivity contribution in [2.75, 3.05) is 7.11 Å². The summed E-state index contributed by atoms with van der Waals surface area (Å²) in [4.78, 5) is 0. The van der Waals surface area contributed by atoms with Crippen LogP contribution in [0.1, 0.15) is 5.69 Å². The molecule has 0 unspecified atom stereocenters. The standard InChI is InChI=1S/C17H16ClN3O/c1-22-16-4-2-3-12(9-16)17-10-14(11-19)20-21(17)15-7-5-13(18)6-8-15/h2-10H,11,19H2,1H3. The highest BCUT2D eigenvalue weighted by atomic mass is 35.5. The van der Waals surface area contributed by atoms with Crippen LogP contribution >= 0.6 is 11.6 Å². The fourth-order valence-corrected chi connectivity index (χ4v) is 2.42. The highest BCUT2D eigenvalue weighted by molar-refractivity contribution is 6.30. The topological polar surface area (TPSA) is 53.1 Å². The zero-order valence-electron chi connectivity index (χ0n) is 12.2. The summed E-state index contributed by atoms with van der Waals surface area (Å²) in [5.74, 6) is 0.802. The third-order valence-corrected chi connectivity index (χ3v) is 3.66. The zero-order chi connectivity index (χ0) is 15.5. The third-order valence-electron chi connectivity index (χ3n) is 3.41. The molecular weight excluding hydrogens is 298 g/mol. The molecule has 5 heteroatoms. The molecule has 0 spiro atoms. The summed E-state index contributed by atoms with van der Waals surface area (Å²) in [6.45, 7) is 0.386. The predicted molar refractivity (Wildman–Crippen MR) is 88.5 cm³/mol. The summed E-state index contributed by atoms with van der Waals surface area (Å²) in [7, 11) is 1.65. The van der Waals surface area contributed by atoms with Gasteiger partial charge in [0.1, 0.15) is 5.75 Å². The maximum atomic E-state index is 5.96. The number of nitrogens with zero attached hydrogens (tertiary/aromatic N) is 2. The Bertz CT molecular complexity index is 781. The van der Waals surface area contributed by atoms with Crippen molar-refractivity contribution in [3.63, 3.8) is 0 Å². The predicted octanol–water partition coefficient (Wildman–Crippen LogP) is 3.66.